The summed E-state index contributed by atoms with van der Waals surface area (Å²) in [5.41, 5.74) is 1.54. The van der Waals surface area contributed by atoms with Gasteiger partial charge in [0, 0.05) is 4.90 Å². The van der Waals surface area contributed by atoms with Crippen LogP contribution in [-0.4, -0.2) is 16.8 Å². The average Bonchev–Trinajstić information content (AvgIpc) is 2.49. The lowest BCUT2D eigenvalue weighted by atomic mass is 10.1. The van der Waals surface area contributed by atoms with Crippen molar-refractivity contribution in [1.82, 2.24) is 0 Å². The molecule has 4 heteroatoms. The van der Waals surface area contributed by atoms with Crippen LogP contribution in [0.5, 0.6) is 0 Å². The lowest BCUT2D eigenvalue weighted by molar-refractivity contribution is 0.0697. The first-order chi connectivity index (χ1) is 10.2. The highest BCUT2D eigenvalue weighted by atomic mass is 35.5. The summed E-state index contributed by atoms with van der Waals surface area (Å²) in [7, 11) is 0. The SMILES string of the molecule is O=C(O)c1cc(SCCCCc2ccccc2)ccc1Cl. The molecule has 0 heterocycles. The maximum Gasteiger partial charge on any atom is 0.337 e. The summed E-state index contributed by atoms with van der Waals surface area (Å²) in [5, 5.41) is 9.32. The third-order valence-electron chi connectivity index (χ3n) is 3.14. The van der Waals surface area contributed by atoms with Crippen molar-refractivity contribution in [3.63, 3.8) is 0 Å². The molecule has 0 saturated carbocycles. The first kappa shape index (κ1) is 15.9. The van der Waals surface area contributed by atoms with Crippen LogP contribution in [0.1, 0.15) is 28.8 Å². The molecule has 0 amide bonds. The van der Waals surface area contributed by atoms with Crippen LogP contribution in [0.15, 0.2) is 53.4 Å². The Morgan fingerprint density at radius 1 is 1.10 bits per heavy atom. The van der Waals surface area contributed by atoms with Crippen molar-refractivity contribution < 1.29 is 9.90 Å². The predicted octanol–water partition coefficient (Wildman–Crippen LogP) is 5.15. The number of carboxylic acid groups (broad SMARTS) is 1. The van der Waals surface area contributed by atoms with Crippen molar-refractivity contribution in [2.45, 2.75) is 24.2 Å². The summed E-state index contributed by atoms with van der Waals surface area (Å²) >= 11 is 7.53. The van der Waals surface area contributed by atoms with E-state index in [-0.39, 0.29) is 10.6 Å². The van der Waals surface area contributed by atoms with Crippen LogP contribution in [0.4, 0.5) is 0 Å². The van der Waals surface area contributed by atoms with Crippen LogP contribution < -0.4 is 0 Å². The molecule has 110 valence electrons. The van der Waals surface area contributed by atoms with Gasteiger partial charge in [0.15, 0.2) is 0 Å². The van der Waals surface area contributed by atoms with E-state index in [0.717, 1.165) is 29.9 Å². The second-order valence-electron chi connectivity index (χ2n) is 4.74. The van der Waals surface area contributed by atoms with Crippen LogP contribution in [0.2, 0.25) is 5.02 Å². The summed E-state index contributed by atoms with van der Waals surface area (Å²) in [4.78, 5) is 12.0. The predicted molar refractivity (Wildman–Crippen MR) is 88.5 cm³/mol. The third-order valence-corrected chi connectivity index (χ3v) is 4.55. The maximum absolute atomic E-state index is 11.0. The van der Waals surface area contributed by atoms with Crippen LogP contribution in [0.3, 0.4) is 0 Å². The minimum Gasteiger partial charge on any atom is -0.478 e. The Morgan fingerprint density at radius 3 is 2.57 bits per heavy atom. The van der Waals surface area contributed by atoms with Crippen molar-refractivity contribution in [2.75, 3.05) is 5.75 Å². The van der Waals surface area contributed by atoms with Gasteiger partial charge in [0.05, 0.1) is 10.6 Å². The Hall–Kier alpha value is -1.45. The molecule has 21 heavy (non-hydrogen) atoms. The molecular formula is C17H17ClO2S. The van der Waals surface area contributed by atoms with Gasteiger partial charge in [-0.15, -0.1) is 11.8 Å². The van der Waals surface area contributed by atoms with Gasteiger partial charge in [0.25, 0.3) is 0 Å². The van der Waals surface area contributed by atoms with Crippen molar-refractivity contribution in [2.24, 2.45) is 0 Å². The monoisotopic (exact) mass is 320 g/mol. The van der Waals surface area contributed by atoms with Crippen molar-refractivity contribution in [3.05, 3.63) is 64.7 Å². The molecule has 2 aromatic carbocycles. The summed E-state index contributed by atoms with van der Waals surface area (Å²) in [5.74, 6) is -0.000380. The van der Waals surface area contributed by atoms with Crippen molar-refractivity contribution >= 4 is 29.3 Å². The van der Waals surface area contributed by atoms with Crippen LogP contribution in [0, 0.1) is 0 Å². The van der Waals surface area contributed by atoms with E-state index in [1.165, 1.54) is 5.56 Å². The highest BCUT2D eigenvalue weighted by Crippen LogP contribution is 2.25. The minimum atomic E-state index is -0.980. The van der Waals surface area contributed by atoms with E-state index in [9.17, 15) is 4.79 Å². The summed E-state index contributed by atoms with van der Waals surface area (Å²) in [6.45, 7) is 0. The molecule has 2 nitrogen and oxygen atoms in total. The van der Waals surface area contributed by atoms with Gasteiger partial charge < -0.3 is 5.11 Å². The van der Waals surface area contributed by atoms with E-state index in [0.29, 0.717) is 0 Å². The van der Waals surface area contributed by atoms with Gasteiger partial charge >= 0.3 is 5.97 Å². The molecule has 0 unspecified atom stereocenters. The van der Waals surface area contributed by atoms with Crippen LogP contribution in [0.25, 0.3) is 0 Å². The zero-order chi connectivity index (χ0) is 15.1. The zero-order valence-corrected chi connectivity index (χ0v) is 13.2. The number of carboxylic acids is 1. The number of rotatable bonds is 7. The quantitative estimate of drug-likeness (QED) is 0.566. The smallest absolute Gasteiger partial charge is 0.337 e. The normalized spacial score (nSPS) is 10.5. The van der Waals surface area contributed by atoms with E-state index in [1.807, 2.05) is 12.1 Å². The second-order valence-corrected chi connectivity index (χ2v) is 6.31. The van der Waals surface area contributed by atoms with E-state index in [1.54, 1.807) is 23.9 Å². The fourth-order valence-electron chi connectivity index (χ4n) is 2.02. The van der Waals surface area contributed by atoms with Gasteiger partial charge in [-0.3, -0.25) is 0 Å². The molecule has 2 rings (SSSR count). The lowest BCUT2D eigenvalue weighted by Crippen LogP contribution is -1.97. The fraction of sp³-hybridized carbons (Fsp3) is 0.235. The molecule has 0 spiro atoms. The number of benzene rings is 2. The Kier molecular flexibility index (Phi) is 6.15. The fourth-order valence-corrected chi connectivity index (χ4v) is 3.17. The Balaban J connectivity index is 1.76. The van der Waals surface area contributed by atoms with Gasteiger partial charge in [-0.1, -0.05) is 41.9 Å². The van der Waals surface area contributed by atoms with Crippen molar-refractivity contribution in [1.29, 1.82) is 0 Å². The number of hydrogen-bond acceptors (Lipinski definition) is 2. The van der Waals surface area contributed by atoms with Gasteiger partial charge in [-0.05, 0) is 48.8 Å². The topological polar surface area (TPSA) is 37.3 Å². The lowest BCUT2D eigenvalue weighted by Gasteiger charge is -2.05. The number of halogens is 1. The first-order valence-electron chi connectivity index (χ1n) is 6.86. The van der Waals surface area contributed by atoms with Crippen LogP contribution in [-0.2, 0) is 6.42 Å². The molecule has 0 atom stereocenters. The maximum atomic E-state index is 11.0. The molecule has 0 aliphatic heterocycles. The van der Waals surface area contributed by atoms with Gasteiger partial charge in [0.1, 0.15) is 0 Å². The average molecular weight is 321 g/mol. The summed E-state index contributed by atoms with van der Waals surface area (Å²) in [6.07, 6.45) is 3.32. The highest BCUT2D eigenvalue weighted by Gasteiger charge is 2.09. The van der Waals surface area contributed by atoms with Gasteiger partial charge in [0.2, 0.25) is 0 Å². The third kappa shape index (κ3) is 5.10. The van der Waals surface area contributed by atoms with Crippen LogP contribution >= 0.6 is 23.4 Å². The highest BCUT2D eigenvalue weighted by molar-refractivity contribution is 7.99. The van der Waals surface area contributed by atoms with E-state index in [4.69, 9.17) is 16.7 Å². The second kappa shape index (κ2) is 8.11. The van der Waals surface area contributed by atoms with Crippen molar-refractivity contribution in [3.8, 4) is 0 Å². The molecular weight excluding hydrogens is 304 g/mol. The number of aryl methyl sites for hydroxylation is 1. The van der Waals surface area contributed by atoms with E-state index >= 15 is 0 Å². The molecule has 0 saturated heterocycles. The molecule has 0 radical (unpaired) electrons. The largest absolute Gasteiger partial charge is 0.478 e. The van der Waals surface area contributed by atoms with E-state index < -0.39 is 5.97 Å². The first-order valence-corrected chi connectivity index (χ1v) is 8.23. The standard InChI is InChI=1S/C17H17ClO2S/c18-16-10-9-14(12-15(16)17(19)20)21-11-5-4-8-13-6-2-1-3-7-13/h1-3,6-7,9-10,12H,4-5,8,11H2,(H,19,20). The number of thioether (sulfide) groups is 1. The summed E-state index contributed by atoms with van der Waals surface area (Å²) in [6, 6.07) is 15.6. The minimum absolute atomic E-state index is 0.172. The molecule has 1 N–H and O–H groups in total. The number of hydrogen-bond donors (Lipinski definition) is 1. The molecule has 0 aromatic heterocycles. The molecule has 0 aliphatic carbocycles. The molecule has 2 aromatic rings. The van der Waals surface area contributed by atoms with Gasteiger partial charge in [-0.25, -0.2) is 4.79 Å². The number of carbonyl (C=O) groups is 1. The Morgan fingerprint density at radius 2 is 1.86 bits per heavy atom. The Bertz CT molecular complexity index is 599. The van der Waals surface area contributed by atoms with Gasteiger partial charge in [-0.2, -0.15) is 0 Å². The summed E-state index contributed by atoms with van der Waals surface area (Å²) < 4.78 is 0. The molecule has 0 fully saturated rings. The molecule has 0 aliphatic rings. The molecule has 0 bridgehead atoms. The zero-order valence-electron chi connectivity index (χ0n) is 11.6. The van der Waals surface area contributed by atoms with E-state index in [2.05, 4.69) is 24.3 Å². The number of aromatic carboxylic acids is 1. The number of unbranched alkanes of at least 4 members (excludes halogenated alkanes) is 1. The Labute approximate surface area is 134 Å².